The quantitative estimate of drug-likeness (QED) is 0.609. The number of piperidine rings is 1. The molecule has 0 radical (unpaired) electrons. The Morgan fingerprint density at radius 1 is 0.970 bits per heavy atom. The highest BCUT2D eigenvalue weighted by molar-refractivity contribution is 8.00. The van der Waals surface area contributed by atoms with Crippen LogP contribution in [-0.4, -0.2) is 56.6 Å². The number of hydrogen-bond donors (Lipinski definition) is 0. The van der Waals surface area contributed by atoms with Gasteiger partial charge in [0.15, 0.2) is 0 Å². The van der Waals surface area contributed by atoms with Crippen molar-refractivity contribution < 1.29 is 22.7 Å². The Kier molecular flexibility index (Phi) is 7.11. The van der Waals surface area contributed by atoms with Gasteiger partial charge in [-0.3, -0.25) is 4.79 Å². The summed E-state index contributed by atoms with van der Waals surface area (Å²) < 4.78 is 32.7. The molecule has 4 rings (SSSR count). The second kappa shape index (κ2) is 9.87. The highest BCUT2D eigenvalue weighted by Gasteiger charge is 2.36. The van der Waals surface area contributed by atoms with Crippen molar-refractivity contribution in [1.29, 1.82) is 0 Å². The minimum atomic E-state index is -3.88. The number of rotatable bonds is 4. The number of carbonyl (C=O) groups is 2. The van der Waals surface area contributed by atoms with Crippen LogP contribution in [0.15, 0.2) is 58.3 Å². The summed E-state index contributed by atoms with van der Waals surface area (Å²) in [6.07, 6.45) is 1.79. The molecular formula is C24H28N2O5S2. The fourth-order valence-electron chi connectivity index (χ4n) is 4.39. The Hall–Kier alpha value is -2.36. The van der Waals surface area contributed by atoms with Crippen LogP contribution in [0.2, 0.25) is 0 Å². The van der Waals surface area contributed by atoms with Crippen molar-refractivity contribution in [2.24, 2.45) is 5.92 Å². The predicted molar refractivity (Wildman–Crippen MR) is 128 cm³/mol. The van der Waals surface area contributed by atoms with E-state index in [4.69, 9.17) is 4.74 Å². The first-order chi connectivity index (χ1) is 15.8. The van der Waals surface area contributed by atoms with E-state index in [1.54, 1.807) is 23.9 Å². The molecule has 1 amide bonds. The average Bonchev–Trinajstić information content (AvgIpc) is 3.01. The van der Waals surface area contributed by atoms with Gasteiger partial charge in [0.1, 0.15) is 0 Å². The van der Waals surface area contributed by atoms with Crippen LogP contribution in [0.4, 0.5) is 5.69 Å². The molecule has 2 aliphatic heterocycles. The minimum absolute atomic E-state index is 0.0194. The maximum atomic E-state index is 13.5. The third kappa shape index (κ3) is 4.81. The molecule has 2 aromatic rings. The molecule has 0 bridgehead atoms. The molecule has 2 aliphatic rings. The molecule has 0 N–H and O–H groups in total. The smallest absolute Gasteiger partial charge is 0.339 e. The number of benzene rings is 2. The first-order valence-corrected chi connectivity index (χ1v) is 13.4. The first-order valence-electron chi connectivity index (χ1n) is 11.1. The Labute approximate surface area is 199 Å². The van der Waals surface area contributed by atoms with Gasteiger partial charge in [0, 0.05) is 35.7 Å². The van der Waals surface area contributed by atoms with Gasteiger partial charge in [0.2, 0.25) is 15.9 Å². The first kappa shape index (κ1) is 23.8. The van der Waals surface area contributed by atoms with Crippen LogP contribution in [0.1, 0.15) is 36.5 Å². The normalized spacial score (nSPS) is 20.1. The summed E-state index contributed by atoms with van der Waals surface area (Å²) in [5.41, 5.74) is 0.963. The molecule has 176 valence electrons. The van der Waals surface area contributed by atoms with E-state index in [9.17, 15) is 18.0 Å². The largest absolute Gasteiger partial charge is 0.465 e. The van der Waals surface area contributed by atoms with Crippen LogP contribution in [0, 0.1) is 5.92 Å². The lowest BCUT2D eigenvalue weighted by Crippen LogP contribution is -2.45. The van der Waals surface area contributed by atoms with Crippen LogP contribution >= 0.6 is 11.8 Å². The van der Waals surface area contributed by atoms with Crippen LogP contribution in [0.3, 0.4) is 0 Å². The molecular weight excluding hydrogens is 460 g/mol. The molecule has 0 unspecified atom stereocenters. The molecule has 1 fully saturated rings. The van der Waals surface area contributed by atoms with Crippen LogP contribution in [0.25, 0.3) is 0 Å². The lowest BCUT2D eigenvalue weighted by atomic mass is 9.96. The number of nitrogens with zero attached hydrogens (tertiary/aromatic N) is 2. The van der Waals surface area contributed by atoms with Crippen LogP contribution in [-0.2, 0) is 19.6 Å². The maximum Gasteiger partial charge on any atom is 0.339 e. The van der Waals surface area contributed by atoms with Crippen molar-refractivity contribution in [1.82, 2.24) is 4.31 Å². The number of ether oxygens (including phenoxy) is 1. The number of anilines is 1. The zero-order valence-corrected chi connectivity index (χ0v) is 20.4. The molecule has 9 heteroatoms. The number of esters is 1. The topological polar surface area (TPSA) is 84.0 Å². The van der Waals surface area contributed by atoms with E-state index in [2.05, 4.69) is 13.0 Å². The maximum absolute atomic E-state index is 13.5. The Morgan fingerprint density at radius 2 is 1.64 bits per heavy atom. The molecule has 2 aromatic carbocycles. The predicted octanol–water partition coefficient (Wildman–Crippen LogP) is 3.79. The summed E-state index contributed by atoms with van der Waals surface area (Å²) >= 11 is 1.79. The number of methoxy groups -OCH3 is 1. The van der Waals surface area contributed by atoms with Crippen molar-refractivity contribution in [3.8, 4) is 0 Å². The van der Waals surface area contributed by atoms with E-state index in [1.807, 2.05) is 23.1 Å². The van der Waals surface area contributed by atoms with E-state index >= 15 is 0 Å². The summed E-state index contributed by atoms with van der Waals surface area (Å²) in [5, 5.41) is 0.422. The van der Waals surface area contributed by atoms with Crippen LogP contribution < -0.4 is 4.90 Å². The number of carbonyl (C=O) groups excluding carboxylic acids is 2. The lowest BCUT2D eigenvalue weighted by Gasteiger charge is -2.34. The minimum Gasteiger partial charge on any atom is -0.465 e. The fourth-order valence-corrected chi connectivity index (χ4v) is 7.15. The Morgan fingerprint density at radius 3 is 2.36 bits per heavy atom. The summed E-state index contributed by atoms with van der Waals surface area (Å²) in [5.74, 6) is -0.867. The van der Waals surface area contributed by atoms with Gasteiger partial charge in [-0.25, -0.2) is 13.2 Å². The summed E-state index contributed by atoms with van der Waals surface area (Å²) in [6.45, 7) is 3.30. The van der Waals surface area contributed by atoms with Gasteiger partial charge in [-0.1, -0.05) is 31.2 Å². The molecule has 0 saturated carbocycles. The monoisotopic (exact) mass is 488 g/mol. The van der Waals surface area contributed by atoms with Gasteiger partial charge in [0.25, 0.3) is 0 Å². The molecule has 0 aromatic heterocycles. The SMILES string of the molecule is COC(=O)c1ccccc1S(=O)(=O)N1CCC(C(=O)N2CC[C@@H](C)Sc3ccccc32)CC1. The van der Waals surface area contributed by atoms with E-state index < -0.39 is 16.0 Å². The molecule has 2 heterocycles. The third-order valence-corrected chi connectivity index (χ3v) is 9.42. The van der Waals surface area contributed by atoms with E-state index in [1.165, 1.54) is 23.5 Å². The highest BCUT2D eigenvalue weighted by Crippen LogP contribution is 2.38. The summed E-state index contributed by atoms with van der Waals surface area (Å²) in [6, 6.07) is 14.0. The summed E-state index contributed by atoms with van der Waals surface area (Å²) in [7, 11) is -2.65. The number of hydrogen-bond acceptors (Lipinski definition) is 6. The van der Waals surface area contributed by atoms with E-state index in [0.717, 1.165) is 17.0 Å². The number of fused-ring (bicyclic) bond motifs is 1. The number of para-hydroxylation sites is 1. The molecule has 0 aliphatic carbocycles. The summed E-state index contributed by atoms with van der Waals surface area (Å²) in [4.78, 5) is 28.5. The van der Waals surface area contributed by atoms with Crippen LogP contribution in [0.5, 0.6) is 0 Å². The number of sulfonamides is 1. The standard InChI is InChI=1S/C24H28N2O5S2/c1-17-11-16-26(20-8-4-5-9-21(20)32-17)23(27)18-12-14-25(15-13-18)33(29,30)22-10-6-3-7-19(22)24(28)31-2/h3-10,17-18H,11-16H2,1-2H3/t17-/m1/s1. The van der Waals surface area contributed by atoms with Gasteiger partial charge in [-0.15, -0.1) is 11.8 Å². The van der Waals surface area contributed by atoms with Gasteiger partial charge in [-0.05, 0) is 43.5 Å². The molecule has 7 nitrogen and oxygen atoms in total. The van der Waals surface area contributed by atoms with Gasteiger partial charge in [-0.2, -0.15) is 4.31 Å². The van der Waals surface area contributed by atoms with Gasteiger partial charge < -0.3 is 9.64 Å². The molecule has 1 saturated heterocycles. The van der Waals surface area contributed by atoms with Crippen molar-refractivity contribution in [3.63, 3.8) is 0 Å². The lowest BCUT2D eigenvalue weighted by molar-refractivity contribution is -0.123. The van der Waals surface area contributed by atoms with Gasteiger partial charge >= 0.3 is 5.97 Å². The molecule has 33 heavy (non-hydrogen) atoms. The number of amides is 1. The van der Waals surface area contributed by atoms with Crippen molar-refractivity contribution in [2.45, 2.75) is 41.2 Å². The molecule has 0 spiro atoms. The zero-order chi connectivity index (χ0) is 23.6. The second-order valence-electron chi connectivity index (χ2n) is 8.34. The number of thioether (sulfide) groups is 1. The third-order valence-electron chi connectivity index (χ3n) is 6.22. The van der Waals surface area contributed by atoms with E-state index in [-0.39, 0.29) is 35.4 Å². The van der Waals surface area contributed by atoms with Crippen molar-refractivity contribution in [3.05, 3.63) is 54.1 Å². The van der Waals surface area contributed by atoms with Crippen molar-refractivity contribution in [2.75, 3.05) is 31.6 Å². The van der Waals surface area contributed by atoms with Gasteiger partial charge in [0.05, 0.1) is 23.3 Å². The molecule has 1 atom stereocenters. The Bertz CT molecular complexity index is 1140. The van der Waals surface area contributed by atoms with E-state index in [0.29, 0.717) is 24.6 Å². The average molecular weight is 489 g/mol. The zero-order valence-electron chi connectivity index (χ0n) is 18.8. The van der Waals surface area contributed by atoms with Crippen molar-refractivity contribution >= 4 is 39.3 Å². The Balaban J connectivity index is 1.50. The highest BCUT2D eigenvalue weighted by atomic mass is 32.2. The second-order valence-corrected chi connectivity index (χ2v) is 11.7. The fraction of sp³-hybridized carbons (Fsp3) is 0.417.